The van der Waals surface area contributed by atoms with Crippen LogP contribution in [0.15, 0.2) is 12.4 Å². The number of nitrogens with zero attached hydrogens (tertiary/aromatic N) is 2. The fourth-order valence-electron chi connectivity index (χ4n) is 2.31. The molecule has 0 radical (unpaired) electrons. The van der Waals surface area contributed by atoms with E-state index >= 15 is 0 Å². The third kappa shape index (κ3) is 2.80. The van der Waals surface area contributed by atoms with Crippen molar-refractivity contribution in [3.05, 3.63) is 18.0 Å². The van der Waals surface area contributed by atoms with Crippen molar-refractivity contribution < 1.29 is 0 Å². The maximum atomic E-state index is 4.28. The van der Waals surface area contributed by atoms with Crippen LogP contribution in [0, 0.1) is 0 Å². The molecule has 2 atom stereocenters. The van der Waals surface area contributed by atoms with E-state index in [-0.39, 0.29) is 0 Å². The van der Waals surface area contributed by atoms with Crippen molar-refractivity contribution >= 4 is 11.8 Å². The van der Waals surface area contributed by atoms with Gasteiger partial charge in [-0.1, -0.05) is 13.3 Å². The molecule has 1 aromatic heterocycles. The molecule has 1 aliphatic heterocycles. The molecule has 0 bridgehead atoms. The second-order valence-corrected chi connectivity index (χ2v) is 5.73. The molecule has 4 heteroatoms. The molecule has 0 aliphatic carbocycles. The maximum absolute atomic E-state index is 4.28. The molecule has 2 unspecified atom stereocenters. The van der Waals surface area contributed by atoms with Crippen molar-refractivity contribution in [1.29, 1.82) is 0 Å². The molecule has 0 aromatic carbocycles. The molecule has 3 nitrogen and oxygen atoms in total. The summed E-state index contributed by atoms with van der Waals surface area (Å²) in [6.07, 6.45) is 8.23. The molecular weight excluding hydrogens is 218 g/mol. The SMILES string of the molecule is CCNC(c1cnn(C)c1)C1CCCCS1. The predicted molar refractivity (Wildman–Crippen MR) is 69.7 cm³/mol. The summed E-state index contributed by atoms with van der Waals surface area (Å²) in [5.41, 5.74) is 1.34. The Hall–Kier alpha value is -0.480. The first-order valence-electron chi connectivity index (χ1n) is 6.14. The second-order valence-electron chi connectivity index (χ2n) is 4.39. The molecule has 0 amide bonds. The topological polar surface area (TPSA) is 29.9 Å². The van der Waals surface area contributed by atoms with Crippen molar-refractivity contribution in [3.63, 3.8) is 0 Å². The lowest BCUT2D eigenvalue weighted by Crippen LogP contribution is -2.31. The molecule has 0 spiro atoms. The number of thioether (sulfide) groups is 1. The van der Waals surface area contributed by atoms with Crippen molar-refractivity contribution in [2.75, 3.05) is 12.3 Å². The molecule has 1 aromatic rings. The highest BCUT2D eigenvalue weighted by Crippen LogP contribution is 2.34. The van der Waals surface area contributed by atoms with E-state index in [9.17, 15) is 0 Å². The van der Waals surface area contributed by atoms with Gasteiger partial charge in [0, 0.05) is 30.1 Å². The summed E-state index contributed by atoms with van der Waals surface area (Å²) in [5, 5.41) is 8.61. The summed E-state index contributed by atoms with van der Waals surface area (Å²) in [4.78, 5) is 0. The first-order chi connectivity index (χ1) is 7.81. The first-order valence-corrected chi connectivity index (χ1v) is 7.19. The summed E-state index contributed by atoms with van der Waals surface area (Å²) < 4.78 is 1.90. The van der Waals surface area contributed by atoms with Crippen LogP contribution in [0.3, 0.4) is 0 Å². The van der Waals surface area contributed by atoms with Gasteiger partial charge in [0.25, 0.3) is 0 Å². The molecule has 90 valence electrons. The van der Waals surface area contributed by atoms with Gasteiger partial charge in [0.05, 0.1) is 6.20 Å². The molecule has 2 rings (SSSR count). The van der Waals surface area contributed by atoms with E-state index in [0.29, 0.717) is 6.04 Å². The minimum Gasteiger partial charge on any atom is -0.309 e. The molecule has 1 aliphatic rings. The standard InChI is InChI=1S/C12H21N3S/c1-3-13-12(10-8-14-15(2)9-10)11-6-4-5-7-16-11/h8-9,11-13H,3-7H2,1-2H3. The monoisotopic (exact) mass is 239 g/mol. The number of rotatable bonds is 4. The largest absolute Gasteiger partial charge is 0.309 e. The number of aromatic nitrogens is 2. The van der Waals surface area contributed by atoms with E-state index in [2.05, 4.69) is 35.3 Å². The van der Waals surface area contributed by atoms with Crippen LogP contribution in [0.1, 0.15) is 37.8 Å². The number of aryl methyl sites for hydroxylation is 1. The van der Waals surface area contributed by atoms with Gasteiger partial charge >= 0.3 is 0 Å². The van der Waals surface area contributed by atoms with Crippen molar-refractivity contribution in [3.8, 4) is 0 Å². The van der Waals surface area contributed by atoms with Crippen LogP contribution in [0.5, 0.6) is 0 Å². The van der Waals surface area contributed by atoms with Crippen molar-refractivity contribution in [2.24, 2.45) is 7.05 Å². The second kappa shape index (κ2) is 5.73. The van der Waals surface area contributed by atoms with Crippen LogP contribution in [-0.4, -0.2) is 27.3 Å². The van der Waals surface area contributed by atoms with E-state index in [0.717, 1.165) is 11.8 Å². The maximum Gasteiger partial charge on any atom is 0.0537 e. The molecule has 1 N–H and O–H groups in total. The molecular formula is C12H21N3S. The Labute approximate surface area is 102 Å². The van der Waals surface area contributed by atoms with Crippen molar-refractivity contribution in [1.82, 2.24) is 15.1 Å². The van der Waals surface area contributed by atoms with Crippen LogP contribution < -0.4 is 5.32 Å². The Balaban J connectivity index is 2.09. The third-order valence-electron chi connectivity index (χ3n) is 3.09. The highest BCUT2D eigenvalue weighted by atomic mass is 32.2. The lowest BCUT2D eigenvalue weighted by Gasteiger charge is -2.29. The quantitative estimate of drug-likeness (QED) is 0.875. The number of hydrogen-bond acceptors (Lipinski definition) is 3. The zero-order valence-corrected chi connectivity index (χ0v) is 11.0. The van der Waals surface area contributed by atoms with Gasteiger partial charge in [0.15, 0.2) is 0 Å². The molecule has 1 fully saturated rings. The van der Waals surface area contributed by atoms with Crippen LogP contribution in [-0.2, 0) is 7.05 Å². The van der Waals surface area contributed by atoms with Gasteiger partial charge in [-0.15, -0.1) is 0 Å². The Morgan fingerprint density at radius 1 is 1.62 bits per heavy atom. The zero-order valence-electron chi connectivity index (χ0n) is 10.1. The highest BCUT2D eigenvalue weighted by molar-refractivity contribution is 8.00. The highest BCUT2D eigenvalue weighted by Gasteiger charge is 2.25. The number of hydrogen-bond donors (Lipinski definition) is 1. The van der Waals surface area contributed by atoms with Gasteiger partial charge in [-0.3, -0.25) is 4.68 Å². The molecule has 2 heterocycles. The Morgan fingerprint density at radius 3 is 3.06 bits per heavy atom. The van der Waals surface area contributed by atoms with Gasteiger partial charge < -0.3 is 5.32 Å². The van der Waals surface area contributed by atoms with E-state index in [1.807, 2.05) is 17.9 Å². The lowest BCUT2D eigenvalue weighted by atomic mass is 10.0. The van der Waals surface area contributed by atoms with Crippen molar-refractivity contribution in [2.45, 2.75) is 37.5 Å². The molecule has 0 saturated carbocycles. The fraction of sp³-hybridized carbons (Fsp3) is 0.750. The number of nitrogens with one attached hydrogen (secondary N) is 1. The van der Waals surface area contributed by atoms with Gasteiger partial charge in [-0.05, 0) is 25.1 Å². The van der Waals surface area contributed by atoms with E-state index in [1.54, 1.807) is 0 Å². The minimum atomic E-state index is 0.476. The molecule has 1 saturated heterocycles. The van der Waals surface area contributed by atoms with Crippen LogP contribution >= 0.6 is 11.8 Å². The van der Waals surface area contributed by atoms with Gasteiger partial charge in [-0.2, -0.15) is 16.9 Å². The minimum absolute atomic E-state index is 0.476. The summed E-state index contributed by atoms with van der Waals surface area (Å²) in [5.74, 6) is 1.31. The third-order valence-corrected chi connectivity index (χ3v) is 4.56. The smallest absolute Gasteiger partial charge is 0.0537 e. The first kappa shape index (κ1) is 12.0. The normalized spacial score (nSPS) is 23.2. The van der Waals surface area contributed by atoms with Crippen LogP contribution in [0.4, 0.5) is 0 Å². The average molecular weight is 239 g/mol. The molecule has 16 heavy (non-hydrogen) atoms. The summed E-state index contributed by atoms with van der Waals surface area (Å²) in [7, 11) is 1.99. The fourth-order valence-corrected chi connectivity index (χ4v) is 3.77. The summed E-state index contributed by atoms with van der Waals surface area (Å²) >= 11 is 2.12. The van der Waals surface area contributed by atoms with E-state index in [4.69, 9.17) is 0 Å². The van der Waals surface area contributed by atoms with Crippen LogP contribution in [0.2, 0.25) is 0 Å². The lowest BCUT2D eigenvalue weighted by molar-refractivity contribution is 0.491. The summed E-state index contributed by atoms with van der Waals surface area (Å²) in [6.45, 7) is 3.20. The predicted octanol–water partition coefficient (Wildman–Crippen LogP) is 2.36. The van der Waals surface area contributed by atoms with E-state index < -0.39 is 0 Å². The average Bonchev–Trinajstić information content (AvgIpc) is 2.74. The zero-order chi connectivity index (χ0) is 11.4. The Morgan fingerprint density at radius 2 is 2.50 bits per heavy atom. The Kier molecular flexibility index (Phi) is 4.29. The van der Waals surface area contributed by atoms with Gasteiger partial charge in [0.1, 0.15) is 0 Å². The van der Waals surface area contributed by atoms with Gasteiger partial charge in [-0.25, -0.2) is 0 Å². The van der Waals surface area contributed by atoms with E-state index in [1.165, 1.54) is 30.6 Å². The summed E-state index contributed by atoms with van der Waals surface area (Å²) in [6, 6.07) is 0.476. The Bertz CT molecular complexity index is 318. The van der Waals surface area contributed by atoms with Crippen LogP contribution in [0.25, 0.3) is 0 Å². The van der Waals surface area contributed by atoms with Gasteiger partial charge in [0.2, 0.25) is 0 Å².